The standard InChI is InChI=1S/C13H19N5/c1-2-17-10-12(9-15-17)18-8-7-14-13(18)16-11-5-3-4-6-11/h7-11H,2-6H2,1H3,(H,14,16). The number of aromatic nitrogens is 4. The summed E-state index contributed by atoms with van der Waals surface area (Å²) in [6.07, 6.45) is 12.9. The molecule has 1 aliphatic rings. The quantitative estimate of drug-likeness (QED) is 0.900. The van der Waals surface area contributed by atoms with E-state index in [0.29, 0.717) is 6.04 Å². The molecule has 0 saturated heterocycles. The van der Waals surface area contributed by atoms with Gasteiger partial charge in [-0.2, -0.15) is 5.10 Å². The van der Waals surface area contributed by atoms with E-state index >= 15 is 0 Å². The lowest BCUT2D eigenvalue weighted by atomic mass is 10.2. The molecule has 0 amide bonds. The monoisotopic (exact) mass is 245 g/mol. The fourth-order valence-electron chi connectivity index (χ4n) is 2.52. The van der Waals surface area contributed by atoms with Crippen molar-refractivity contribution in [3.8, 4) is 5.69 Å². The van der Waals surface area contributed by atoms with Gasteiger partial charge >= 0.3 is 0 Å². The van der Waals surface area contributed by atoms with Gasteiger partial charge in [0.1, 0.15) is 0 Å². The van der Waals surface area contributed by atoms with E-state index < -0.39 is 0 Å². The van der Waals surface area contributed by atoms with Crippen molar-refractivity contribution in [2.24, 2.45) is 0 Å². The summed E-state index contributed by atoms with van der Waals surface area (Å²) in [7, 11) is 0. The smallest absolute Gasteiger partial charge is 0.207 e. The van der Waals surface area contributed by atoms with Gasteiger partial charge < -0.3 is 5.32 Å². The third kappa shape index (κ3) is 2.12. The molecular weight excluding hydrogens is 226 g/mol. The van der Waals surface area contributed by atoms with Gasteiger partial charge in [0.05, 0.1) is 11.9 Å². The molecule has 0 radical (unpaired) electrons. The van der Waals surface area contributed by atoms with Gasteiger partial charge in [-0.05, 0) is 19.8 Å². The van der Waals surface area contributed by atoms with E-state index in [1.807, 2.05) is 29.5 Å². The van der Waals surface area contributed by atoms with Crippen molar-refractivity contribution in [3.63, 3.8) is 0 Å². The number of aryl methyl sites for hydroxylation is 1. The molecule has 1 fully saturated rings. The van der Waals surface area contributed by atoms with Crippen molar-refractivity contribution >= 4 is 5.95 Å². The Bertz CT molecular complexity index is 507. The molecule has 2 aromatic heterocycles. The molecule has 0 bridgehead atoms. The normalized spacial score (nSPS) is 16.3. The summed E-state index contributed by atoms with van der Waals surface area (Å²) in [5.74, 6) is 0.928. The van der Waals surface area contributed by atoms with Crippen LogP contribution in [-0.2, 0) is 6.54 Å². The van der Waals surface area contributed by atoms with Crippen molar-refractivity contribution in [3.05, 3.63) is 24.8 Å². The molecule has 3 rings (SSSR count). The molecule has 1 aliphatic carbocycles. The van der Waals surface area contributed by atoms with Gasteiger partial charge in [0, 0.05) is 31.2 Å². The van der Waals surface area contributed by atoms with Gasteiger partial charge in [0.25, 0.3) is 0 Å². The number of imidazole rings is 1. The predicted molar refractivity (Wildman–Crippen MR) is 70.9 cm³/mol. The van der Waals surface area contributed by atoms with Crippen LogP contribution in [0.15, 0.2) is 24.8 Å². The maximum absolute atomic E-state index is 4.41. The Hall–Kier alpha value is -1.78. The Morgan fingerprint density at radius 3 is 2.94 bits per heavy atom. The lowest BCUT2D eigenvalue weighted by Crippen LogP contribution is -2.17. The SMILES string of the molecule is CCn1cc(-n2ccnc2NC2CCCC2)cn1. The minimum absolute atomic E-state index is 0.576. The van der Waals surface area contributed by atoms with Crippen LogP contribution in [0.3, 0.4) is 0 Å². The summed E-state index contributed by atoms with van der Waals surface area (Å²) in [6.45, 7) is 2.97. The Morgan fingerprint density at radius 2 is 2.22 bits per heavy atom. The lowest BCUT2D eigenvalue weighted by molar-refractivity contribution is 0.659. The van der Waals surface area contributed by atoms with Crippen LogP contribution in [0.5, 0.6) is 0 Å². The summed E-state index contributed by atoms with van der Waals surface area (Å²) >= 11 is 0. The van der Waals surface area contributed by atoms with E-state index in [1.165, 1.54) is 25.7 Å². The van der Waals surface area contributed by atoms with Crippen molar-refractivity contribution in [2.75, 3.05) is 5.32 Å². The van der Waals surface area contributed by atoms with Crippen LogP contribution in [0, 0.1) is 0 Å². The molecule has 2 aromatic rings. The molecule has 5 nitrogen and oxygen atoms in total. The molecule has 0 spiro atoms. The second-order valence-corrected chi connectivity index (χ2v) is 4.80. The molecule has 96 valence electrons. The Labute approximate surface area is 107 Å². The van der Waals surface area contributed by atoms with Crippen molar-refractivity contribution < 1.29 is 0 Å². The zero-order valence-corrected chi connectivity index (χ0v) is 10.7. The van der Waals surface area contributed by atoms with Gasteiger partial charge in [-0.15, -0.1) is 0 Å². The average Bonchev–Trinajstić information content (AvgIpc) is 3.09. The number of anilines is 1. The lowest BCUT2D eigenvalue weighted by Gasteiger charge is -2.13. The third-order valence-corrected chi connectivity index (χ3v) is 3.55. The summed E-state index contributed by atoms with van der Waals surface area (Å²) in [5, 5.41) is 7.83. The van der Waals surface area contributed by atoms with Crippen molar-refractivity contribution in [1.29, 1.82) is 0 Å². The molecule has 0 unspecified atom stereocenters. The van der Waals surface area contributed by atoms with E-state index in [2.05, 4.69) is 26.9 Å². The fraction of sp³-hybridized carbons (Fsp3) is 0.538. The van der Waals surface area contributed by atoms with Gasteiger partial charge in [0.15, 0.2) is 0 Å². The first-order valence-electron chi connectivity index (χ1n) is 6.69. The van der Waals surface area contributed by atoms with Crippen molar-refractivity contribution in [1.82, 2.24) is 19.3 Å². The van der Waals surface area contributed by atoms with Crippen LogP contribution in [0.4, 0.5) is 5.95 Å². The second kappa shape index (κ2) is 4.84. The molecule has 5 heteroatoms. The Morgan fingerprint density at radius 1 is 1.39 bits per heavy atom. The highest BCUT2D eigenvalue weighted by Crippen LogP contribution is 2.22. The van der Waals surface area contributed by atoms with Gasteiger partial charge in [-0.25, -0.2) is 4.98 Å². The van der Waals surface area contributed by atoms with Crippen LogP contribution in [0.25, 0.3) is 5.69 Å². The third-order valence-electron chi connectivity index (χ3n) is 3.55. The van der Waals surface area contributed by atoms with Gasteiger partial charge in [-0.3, -0.25) is 9.25 Å². The number of nitrogens with zero attached hydrogens (tertiary/aromatic N) is 4. The first-order valence-corrected chi connectivity index (χ1v) is 6.69. The van der Waals surface area contributed by atoms with E-state index in [0.717, 1.165) is 18.2 Å². The van der Waals surface area contributed by atoms with E-state index in [-0.39, 0.29) is 0 Å². The fourth-order valence-corrected chi connectivity index (χ4v) is 2.52. The molecule has 18 heavy (non-hydrogen) atoms. The topological polar surface area (TPSA) is 47.7 Å². The number of hydrogen-bond acceptors (Lipinski definition) is 3. The maximum atomic E-state index is 4.41. The summed E-state index contributed by atoms with van der Waals surface area (Å²) < 4.78 is 3.99. The summed E-state index contributed by atoms with van der Waals surface area (Å²) in [5.41, 5.74) is 1.06. The molecule has 0 aliphatic heterocycles. The number of hydrogen-bond donors (Lipinski definition) is 1. The zero-order valence-electron chi connectivity index (χ0n) is 10.7. The molecule has 1 N–H and O–H groups in total. The molecule has 0 atom stereocenters. The molecular formula is C13H19N5. The number of rotatable bonds is 4. The molecule has 2 heterocycles. The van der Waals surface area contributed by atoms with Crippen LogP contribution >= 0.6 is 0 Å². The second-order valence-electron chi connectivity index (χ2n) is 4.80. The van der Waals surface area contributed by atoms with E-state index in [4.69, 9.17) is 0 Å². The molecule has 0 aromatic carbocycles. The first kappa shape index (κ1) is 11.3. The van der Waals surface area contributed by atoms with Crippen LogP contribution in [0.1, 0.15) is 32.6 Å². The highest BCUT2D eigenvalue weighted by Gasteiger charge is 2.17. The predicted octanol–water partition coefficient (Wildman–Crippen LogP) is 2.44. The summed E-state index contributed by atoms with van der Waals surface area (Å²) in [6, 6.07) is 0.576. The van der Waals surface area contributed by atoms with E-state index in [9.17, 15) is 0 Å². The van der Waals surface area contributed by atoms with Crippen LogP contribution < -0.4 is 5.32 Å². The minimum Gasteiger partial charge on any atom is -0.353 e. The van der Waals surface area contributed by atoms with Gasteiger partial charge in [0.2, 0.25) is 5.95 Å². The Kier molecular flexibility index (Phi) is 3.04. The van der Waals surface area contributed by atoms with E-state index in [1.54, 1.807) is 0 Å². The minimum atomic E-state index is 0.576. The van der Waals surface area contributed by atoms with Crippen LogP contribution in [0.2, 0.25) is 0 Å². The Balaban J connectivity index is 1.81. The highest BCUT2D eigenvalue weighted by molar-refractivity contribution is 5.40. The maximum Gasteiger partial charge on any atom is 0.207 e. The summed E-state index contributed by atoms with van der Waals surface area (Å²) in [4.78, 5) is 4.41. The van der Waals surface area contributed by atoms with Crippen molar-refractivity contribution in [2.45, 2.75) is 45.2 Å². The largest absolute Gasteiger partial charge is 0.353 e. The zero-order chi connectivity index (χ0) is 12.4. The average molecular weight is 245 g/mol. The first-order chi connectivity index (χ1) is 8.86. The molecule has 1 saturated carbocycles. The number of nitrogens with one attached hydrogen (secondary N) is 1. The van der Waals surface area contributed by atoms with Gasteiger partial charge in [-0.1, -0.05) is 12.8 Å². The van der Waals surface area contributed by atoms with Crippen LogP contribution in [-0.4, -0.2) is 25.4 Å². The highest BCUT2D eigenvalue weighted by atomic mass is 15.3.